The number of nitrogens with zero attached hydrogens (tertiary/aromatic N) is 2. The average molecular weight is 277 g/mol. The number of hydrogen-bond acceptors (Lipinski definition) is 6. The lowest BCUT2D eigenvalue weighted by Crippen LogP contribution is -2.13. The summed E-state index contributed by atoms with van der Waals surface area (Å²) in [5.41, 5.74) is 6.99. The molecule has 6 nitrogen and oxygen atoms in total. The second-order valence-electron chi connectivity index (χ2n) is 4.47. The van der Waals surface area contributed by atoms with Crippen molar-refractivity contribution in [3.05, 3.63) is 41.5 Å². The highest BCUT2D eigenvalue weighted by Crippen LogP contribution is 2.16. The van der Waals surface area contributed by atoms with E-state index in [1.807, 2.05) is 24.3 Å². The van der Waals surface area contributed by atoms with Crippen molar-refractivity contribution in [1.29, 1.82) is 0 Å². The van der Waals surface area contributed by atoms with Crippen LogP contribution in [0.15, 0.2) is 28.8 Å². The highest BCUT2D eigenvalue weighted by Gasteiger charge is 2.14. The molecule has 0 aliphatic heterocycles. The van der Waals surface area contributed by atoms with Gasteiger partial charge in [0.05, 0.1) is 13.2 Å². The van der Waals surface area contributed by atoms with E-state index < -0.39 is 0 Å². The molecule has 0 aliphatic carbocycles. The second kappa shape index (κ2) is 7.02. The zero-order valence-corrected chi connectivity index (χ0v) is 11.7. The Morgan fingerprint density at radius 1 is 1.35 bits per heavy atom. The van der Waals surface area contributed by atoms with E-state index in [9.17, 15) is 0 Å². The molecule has 0 amide bonds. The predicted molar refractivity (Wildman–Crippen MR) is 73.5 cm³/mol. The molecule has 0 aliphatic rings. The van der Waals surface area contributed by atoms with Crippen LogP contribution in [0.2, 0.25) is 0 Å². The largest absolute Gasteiger partial charge is 0.497 e. The van der Waals surface area contributed by atoms with Crippen molar-refractivity contribution in [2.45, 2.75) is 18.9 Å². The van der Waals surface area contributed by atoms with E-state index in [1.165, 1.54) is 0 Å². The number of hydrogen-bond donors (Lipinski definition) is 1. The van der Waals surface area contributed by atoms with Gasteiger partial charge in [-0.15, -0.1) is 0 Å². The summed E-state index contributed by atoms with van der Waals surface area (Å²) in [7, 11) is 3.27. The van der Waals surface area contributed by atoms with Crippen molar-refractivity contribution >= 4 is 0 Å². The highest BCUT2D eigenvalue weighted by atomic mass is 16.5. The minimum atomic E-state index is -0.290. The van der Waals surface area contributed by atoms with E-state index in [2.05, 4.69) is 10.1 Å². The molecular weight excluding hydrogens is 258 g/mol. The summed E-state index contributed by atoms with van der Waals surface area (Å²) in [5.74, 6) is 1.86. The van der Waals surface area contributed by atoms with Crippen LogP contribution in [0.4, 0.5) is 0 Å². The number of benzene rings is 1. The highest BCUT2D eigenvalue weighted by molar-refractivity contribution is 5.30. The summed E-state index contributed by atoms with van der Waals surface area (Å²) < 4.78 is 15.3. The van der Waals surface area contributed by atoms with Crippen molar-refractivity contribution in [3.63, 3.8) is 0 Å². The Bertz CT molecular complexity index is 542. The monoisotopic (exact) mass is 277 g/mol. The molecule has 0 saturated heterocycles. The van der Waals surface area contributed by atoms with Crippen LogP contribution in [0, 0.1) is 0 Å². The third-order valence-corrected chi connectivity index (χ3v) is 2.93. The van der Waals surface area contributed by atoms with Gasteiger partial charge in [-0.2, -0.15) is 4.98 Å². The smallest absolute Gasteiger partial charge is 0.243 e. The lowest BCUT2D eigenvalue weighted by molar-refractivity contribution is 0.182. The zero-order valence-electron chi connectivity index (χ0n) is 11.7. The van der Waals surface area contributed by atoms with Gasteiger partial charge in [0.25, 0.3) is 0 Å². The fourth-order valence-electron chi connectivity index (χ4n) is 1.82. The third-order valence-electron chi connectivity index (χ3n) is 2.93. The summed E-state index contributed by atoms with van der Waals surface area (Å²) in [6, 6.07) is 7.47. The first-order chi connectivity index (χ1) is 9.72. The van der Waals surface area contributed by atoms with Gasteiger partial charge in [0.15, 0.2) is 5.82 Å². The topological polar surface area (TPSA) is 83.4 Å². The van der Waals surface area contributed by atoms with E-state index in [0.717, 1.165) is 11.3 Å². The van der Waals surface area contributed by atoms with Gasteiger partial charge in [0.2, 0.25) is 5.89 Å². The molecule has 20 heavy (non-hydrogen) atoms. The van der Waals surface area contributed by atoms with E-state index >= 15 is 0 Å². The maximum absolute atomic E-state index is 5.94. The molecule has 2 N–H and O–H groups in total. The van der Waals surface area contributed by atoms with Gasteiger partial charge in [-0.3, -0.25) is 0 Å². The Balaban J connectivity index is 2.01. The van der Waals surface area contributed by atoms with Crippen LogP contribution in [0.3, 0.4) is 0 Å². The third kappa shape index (κ3) is 3.79. The van der Waals surface area contributed by atoms with Crippen molar-refractivity contribution in [2.75, 3.05) is 20.8 Å². The van der Waals surface area contributed by atoms with Crippen LogP contribution < -0.4 is 10.5 Å². The van der Waals surface area contributed by atoms with Crippen molar-refractivity contribution in [3.8, 4) is 5.75 Å². The molecule has 0 fully saturated rings. The van der Waals surface area contributed by atoms with E-state index in [1.54, 1.807) is 14.2 Å². The molecule has 2 rings (SSSR count). The van der Waals surface area contributed by atoms with Crippen LogP contribution in [0.1, 0.15) is 29.7 Å². The molecule has 1 heterocycles. The van der Waals surface area contributed by atoms with E-state index in [-0.39, 0.29) is 6.04 Å². The van der Waals surface area contributed by atoms with Crippen LogP contribution in [0.25, 0.3) is 0 Å². The van der Waals surface area contributed by atoms with Gasteiger partial charge < -0.3 is 19.7 Å². The average Bonchev–Trinajstić information content (AvgIpc) is 2.93. The van der Waals surface area contributed by atoms with Gasteiger partial charge in [0.1, 0.15) is 5.75 Å². The lowest BCUT2D eigenvalue weighted by atomic mass is 10.1. The summed E-state index contributed by atoms with van der Waals surface area (Å²) in [6.07, 6.45) is 1.23. The molecule has 1 aromatic carbocycles. The molecule has 1 atom stereocenters. The Morgan fingerprint density at radius 2 is 2.20 bits per heavy atom. The summed E-state index contributed by atoms with van der Waals surface area (Å²) >= 11 is 0. The van der Waals surface area contributed by atoms with E-state index in [0.29, 0.717) is 31.2 Å². The van der Waals surface area contributed by atoms with Crippen LogP contribution in [-0.2, 0) is 11.2 Å². The van der Waals surface area contributed by atoms with Gasteiger partial charge in [-0.1, -0.05) is 17.3 Å². The SMILES string of the molecule is COCCC(N)c1nc(Cc2cccc(OC)c2)no1. The number of aromatic nitrogens is 2. The Morgan fingerprint density at radius 3 is 2.95 bits per heavy atom. The summed E-state index contributed by atoms with van der Waals surface area (Å²) in [5, 5.41) is 3.95. The fraction of sp³-hybridized carbons (Fsp3) is 0.429. The minimum Gasteiger partial charge on any atom is -0.497 e. The molecule has 1 aromatic heterocycles. The maximum Gasteiger partial charge on any atom is 0.243 e. The minimum absolute atomic E-state index is 0.290. The number of ether oxygens (including phenoxy) is 2. The van der Waals surface area contributed by atoms with Gasteiger partial charge >= 0.3 is 0 Å². The fourth-order valence-corrected chi connectivity index (χ4v) is 1.82. The van der Waals surface area contributed by atoms with Gasteiger partial charge in [0, 0.05) is 20.1 Å². The second-order valence-corrected chi connectivity index (χ2v) is 4.47. The quantitative estimate of drug-likeness (QED) is 0.829. The first kappa shape index (κ1) is 14.5. The first-order valence-electron chi connectivity index (χ1n) is 6.43. The number of methoxy groups -OCH3 is 2. The summed E-state index contributed by atoms with van der Waals surface area (Å²) in [4.78, 5) is 4.31. The zero-order chi connectivity index (χ0) is 14.4. The Hall–Kier alpha value is -1.92. The molecule has 6 heteroatoms. The van der Waals surface area contributed by atoms with Crippen LogP contribution in [0.5, 0.6) is 5.75 Å². The normalized spacial score (nSPS) is 12.3. The molecule has 0 saturated carbocycles. The number of nitrogens with two attached hydrogens (primary N) is 1. The number of rotatable bonds is 7. The molecule has 1 unspecified atom stereocenters. The molecule has 0 spiro atoms. The van der Waals surface area contributed by atoms with Crippen molar-refractivity contribution in [1.82, 2.24) is 10.1 Å². The Kier molecular flexibility index (Phi) is 5.09. The van der Waals surface area contributed by atoms with Gasteiger partial charge in [-0.05, 0) is 24.1 Å². The molecular formula is C14H19N3O3. The van der Waals surface area contributed by atoms with E-state index in [4.69, 9.17) is 19.7 Å². The first-order valence-corrected chi connectivity index (χ1v) is 6.43. The van der Waals surface area contributed by atoms with Crippen LogP contribution in [-0.4, -0.2) is 31.0 Å². The van der Waals surface area contributed by atoms with Gasteiger partial charge in [-0.25, -0.2) is 0 Å². The predicted octanol–water partition coefficient (Wildman–Crippen LogP) is 1.71. The molecule has 2 aromatic rings. The maximum atomic E-state index is 5.94. The standard InChI is InChI=1S/C14H19N3O3/c1-18-7-6-12(15)14-16-13(17-20-14)9-10-4-3-5-11(8-10)19-2/h3-5,8,12H,6-7,9,15H2,1-2H3. The van der Waals surface area contributed by atoms with Crippen LogP contribution >= 0.6 is 0 Å². The Labute approximate surface area is 117 Å². The lowest BCUT2D eigenvalue weighted by Gasteiger charge is -2.04. The van der Waals surface area contributed by atoms with Crippen molar-refractivity contribution in [2.24, 2.45) is 5.73 Å². The molecule has 0 radical (unpaired) electrons. The van der Waals surface area contributed by atoms with Crippen molar-refractivity contribution < 1.29 is 14.0 Å². The molecule has 108 valence electrons. The summed E-state index contributed by atoms with van der Waals surface area (Å²) in [6.45, 7) is 0.564. The molecule has 0 bridgehead atoms.